The highest BCUT2D eigenvalue weighted by molar-refractivity contribution is 5.83. The van der Waals surface area contributed by atoms with Crippen molar-refractivity contribution in [1.29, 1.82) is 0 Å². The van der Waals surface area contributed by atoms with E-state index < -0.39 is 35.7 Å². The van der Waals surface area contributed by atoms with Crippen LogP contribution in [0.15, 0.2) is 24.3 Å². The number of alkyl carbamates (subject to hydrolysis) is 1. The van der Waals surface area contributed by atoms with Gasteiger partial charge in [-0.2, -0.15) is 0 Å². The first kappa shape index (κ1) is 20.7. The first-order valence-corrected chi connectivity index (χ1v) is 9.01. The number of amides is 1. The third-order valence-corrected chi connectivity index (χ3v) is 4.38. The second kappa shape index (κ2) is 8.37. The molecule has 1 aliphatic rings. The molecule has 8 heteroatoms. The Hall–Kier alpha value is -2.64. The maximum absolute atomic E-state index is 12.6. The van der Waals surface area contributed by atoms with Gasteiger partial charge in [0.2, 0.25) is 6.04 Å². The Morgan fingerprint density at radius 2 is 2.00 bits per heavy atom. The fourth-order valence-corrected chi connectivity index (χ4v) is 3.38. The molecule has 148 valence electrons. The van der Waals surface area contributed by atoms with E-state index in [0.29, 0.717) is 12.0 Å². The van der Waals surface area contributed by atoms with Gasteiger partial charge in [-0.3, -0.25) is 10.1 Å². The van der Waals surface area contributed by atoms with Crippen LogP contribution in [0.5, 0.6) is 0 Å². The molecule has 0 spiro atoms. The van der Waals surface area contributed by atoms with Crippen molar-refractivity contribution in [2.75, 3.05) is 6.61 Å². The zero-order valence-corrected chi connectivity index (χ0v) is 16.1. The van der Waals surface area contributed by atoms with E-state index in [1.807, 2.05) is 12.1 Å². The van der Waals surface area contributed by atoms with Crippen LogP contribution in [-0.2, 0) is 20.7 Å². The zero-order valence-electron chi connectivity index (χ0n) is 16.1. The quantitative estimate of drug-likeness (QED) is 0.479. The van der Waals surface area contributed by atoms with Crippen molar-refractivity contribution in [1.82, 2.24) is 5.32 Å². The van der Waals surface area contributed by atoms with Crippen LogP contribution in [0.1, 0.15) is 51.2 Å². The number of carbonyl (C=O) groups excluding carboxylic acids is 2. The number of benzene rings is 1. The SMILES string of the molecule is CCOC(=O)C(NC(=O)OC(C)(C)C)C1c2ccccc2CCC1[N+](=O)[O-]. The molecule has 1 aromatic rings. The van der Waals surface area contributed by atoms with Crippen molar-refractivity contribution in [3.63, 3.8) is 0 Å². The van der Waals surface area contributed by atoms with Crippen molar-refractivity contribution in [2.45, 2.75) is 64.1 Å². The standard InChI is InChI=1S/C19H26N2O6/c1-5-26-17(22)16(20-18(23)27-19(2,3)4)15-13-9-7-6-8-12(13)10-11-14(15)21(24)25/h6-9,14-16H,5,10-11H2,1-4H3,(H,20,23). The molecule has 0 radical (unpaired) electrons. The van der Waals surface area contributed by atoms with Gasteiger partial charge in [-0.15, -0.1) is 0 Å². The van der Waals surface area contributed by atoms with Crippen LogP contribution in [0.4, 0.5) is 4.79 Å². The molecule has 0 heterocycles. The molecule has 8 nitrogen and oxygen atoms in total. The number of carbonyl (C=O) groups is 2. The monoisotopic (exact) mass is 378 g/mol. The smallest absolute Gasteiger partial charge is 0.408 e. The number of hydrogen-bond acceptors (Lipinski definition) is 6. The number of aryl methyl sites for hydroxylation is 1. The summed E-state index contributed by atoms with van der Waals surface area (Å²) in [5, 5.41) is 14.2. The maximum Gasteiger partial charge on any atom is 0.408 e. The van der Waals surface area contributed by atoms with Crippen LogP contribution >= 0.6 is 0 Å². The van der Waals surface area contributed by atoms with Crippen molar-refractivity contribution < 1.29 is 24.0 Å². The summed E-state index contributed by atoms with van der Waals surface area (Å²) in [6, 6.07) is 5.04. The number of nitrogens with zero attached hydrogens (tertiary/aromatic N) is 1. The average molecular weight is 378 g/mol. The molecule has 1 aliphatic carbocycles. The van der Waals surface area contributed by atoms with Crippen LogP contribution in [0.3, 0.4) is 0 Å². The van der Waals surface area contributed by atoms with E-state index in [-0.39, 0.29) is 18.0 Å². The van der Waals surface area contributed by atoms with E-state index in [0.717, 1.165) is 5.56 Å². The maximum atomic E-state index is 12.6. The lowest BCUT2D eigenvalue weighted by Gasteiger charge is -2.33. The molecular weight excluding hydrogens is 352 g/mol. The van der Waals surface area contributed by atoms with E-state index >= 15 is 0 Å². The first-order chi connectivity index (χ1) is 12.6. The van der Waals surface area contributed by atoms with Crippen LogP contribution in [0.2, 0.25) is 0 Å². The largest absolute Gasteiger partial charge is 0.464 e. The molecule has 1 amide bonds. The number of fused-ring (bicyclic) bond motifs is 1. The highest BCUT2D eigenvalue weighted by Gasteiger charge is 2.46. The Labute approximate surface area is 158 Å². The lowest BCUT2D eigenvalue weighted by Crippen LogP contribution is -2.52. The number of hydrogen-bond donors (Lipinski definition) is 1. The minimum atomic E-state index is -1.21. The van der Waals surface area contributed by atoms with Crippen LogP contribution in [0.25, 0.3) is 0 Å². The van der Waals surface area contributed by atoms with Gasteiger partial charge in [0.05, 0.1) is 12.5 Å². The molecule has 1 aromatic carbocycles. The van der Waals surface area contributed by atoms with E-state index in [2.05, 4.69) is 5.32 Å². The molecule has 0 fully saturated rings. The van der Waals surface area contributed by atoms with Gasteiger partial charge < -0.3 is 14.8 Å². The Morgan fingerprint density at radius 1 is 1.33 bits per heavy atom. The molecule has 0 saturated carbocycles. The molecule has 2 rings (SSSR count). The van der Waals surface area contributed by atoms with Crippen molar-refractivity contribution >= 4 is 12.1 Å². The molecule has 3 unspecified atom stereocenters. The van der Waals surface area contributed by atoms with E-state index in [4.69, 9.17) is 9.47 Å². The molecule has 0 aliphatic heterocycles. The third-order valence-electron chi connectivity index (χ3n) is 4.38. The Kier molecular flexibility index (Phi) is 6.41. The molecular formula is C19H26N2O6. The van der Waals surface area contributed by atoms with Crippen LogP contribution in [0, 0.1) is 10.1 Å². The summed E-state index contributed by atoms with van der Waals surface area (Å²) in [7, 11) is 0. The second-order valence-electron chi connectivity index (χ2n) is 7.49. The summed E-state index contributed by atoms with van der Waals surface area (Å²) in [6.45, 7) is 6.83. The van der Waals surface area contributed by atoms with Crippen LogP contribution < -0.4 is 5.32 Å². The molecule has 27 heavy (non-hydrogen) atoms. The molecule has 0 aromatic heterocycles. The number of esters is 1. The molecule has 0 bridgehead atoms. The van der Waals surface area contributed by atoms with Gasteiger partial charge in [-0.1, -0.05) is 24.3 Å². The zero-order chi connectivity index (χ0) is 20.2. The van der Waals surface area contributed by atoms with Crippen molar-refractivity contribution in [3.8, 4) is 0 Å². The minimum absolute atomic E-state index is 0.100. The Balaban J connectivity index is 2.43. The number of nitrogens with one attached hydrogen (secondary N) is 1. The second-order valence-corrected chi connectivity index (χ2v) is 7.49. The topological polar surface area (TPSA) is 108 Å². The molecule has 0 saturated heterocycles. The van der Waals surface area contributed by atoms with Crippen molar-refractivity contribution in [3.05, 3.63) is 45.5 Å². The van der Waals surface area contributed by atoms with Gasteiger partial charge in [-0.05, 0) is 45.2 Å². The first-order valence-electron chi connectivity index (χ1n) is 9.01. The predicted octanol–water partition coefficient (Wildman–Crippen LogP) is 2.82. The number of ether oxygens (including phenoxy) is 2. The summed E-state index contributed by atoms with van der Waals surface area (Å²) in [6.07, 6.45) is 0.00616. The Morgan fingerprint density at radius 3 is 2.59 bits per heavy atom. The highest BCUT2D eigenvalue weighted by Crippen LogP contribution is 2.36. The number of rotatable bonds is 5. The lowest BCUT2D eigenvalue weighted by molar-refractivity contribution is -0.529. The fraction of sp³-hybridized carbons (Fsp3) is 0.579. The fourth-order valence-electron chi connectivity index (χ4n) is 3.38. The number of nitro groups is 1. The van der Waals surface area contributed by atoms with E-state index in [9.17, 15) is 19.7 Å². The van der Waals surface area contributed by atoms with Gasteiger partial charge in [-0.25, -0.2) is 9.59 Å². The normalized spacial score (nSPS) is 20.1. The van der Waals surface area contributed by atoms with E-state index in [1.165, 1.54) is 0 Å². The summed E-state index contributed by atoms with van der Waals surface area (Å²) in [5.41, 5.74) is 0.844. The van der Waals surface area contributed by atoms with Crippen molar-refractivity contribution in [2.24, 2.45) is 0 Å². The van der Waals surface area contributed by atoms with Gasteiger partial charge in [0, 0.05) is 11.3 Å². The molecule has 3 atom stereocenters. The summed E-state index contributed by atoms with van der Waals surface area (Å²) < 4.78 is 10.3. The highest BCUT2D eigenvalue weighted by atomic mass is 16.6. The predicted molar refractivity (Wildman–Crippen MR) is 98.1 cm³/mol. The van der Waals surface area contributed by atoms with Gasteiger partial charge in [0.15, 0.2) is 0 Å². The Bertz CT molecular complexity index is 712. The average Bonchev–Trinajstić information content (AvgIpc) is 2.57. The van der Waals surface area contributed by atoms with Gasteiger partial charge in [0.1, 0.15) is 11.6 Å². The minimum Gasteiger partial charge on any atom is -0.464 e. The summed E-state index contributed by atoms with van der Waals surface area (Å²) in [5.74, 6) is -1.55. The summed E-state index contributed by atoms with van der Waals surface area (Å²) in [4.78, 5) is 36.2. The van der Waals surface area contributed by atoms with Gasteiger partial charge >= 0.3 is 12.1 Å². The van der Waals surface area contributed by atoms with E-state index in [1.54, 1.807) is 39.8 Å². The summed E-state index contributed by atoms with van der Waals surface area (Å²) >= 11 is 0. The van der Waals surface area contributed by atoms with Crippen LogP contribution in [-0.4, -0.2) is 41.3 Å². The van der Waals surface area contributed by atoms with Gasteiger partial charge in [0.25, 0.3) is 0 Å². The third kappa shape index (κ3) is 5.18. The molecule has 1 N–H and O–H groups in total. The lowest BCUT2D eigenvalue weighted by atomic mass is 9.75.